The minimum absolute atomic E-state index is 0.175. The zero-order valence-corrected chi connectivity index (χ0v) is 13.2. The smallest absolute Gasteiger partial charge is 0.173 e. The third kappa shape index (κ3) is 4.08. The van der Waals surface area contributed by atoms with Gasteiger partial charge in [0.05, 0.1) is 18.6 Å². The Morgan fingerprint density at radius 1 is 1.24 bits per heavy atom. The minimum Gasteiger partial charge on any atom is -0.493 e. The van der Waals surface area contributed by atoms with Crippen LogP contribution in [0.4, 0.5) is 0 Å². The average Bonchev–Trinajstić information content (AvgIpc) is 3.05. The van der Waals surface area contributed by atoms with Gasteiger partial charge in [-0.2, -0.15) is 0 Å². The first-order valence-corrected chi connectivity index (χ1v) is 7.99. The number of thiophene rings is 1. The van der Waals surface area contributed by atoms with Gasteiger partial charge < -0.3 is 9.47 Å². The van der Waals surface area contributed by atoms with Crippen molar-refractivity contribution in [3.05, 3.63) is 46.2 Å². The lowest BCUT2D eigenvalue weighted by atomic mass is 10.1. The first-order chi connectivity index (χ1) is 10.3. The number of para-hydroxylation sites is 1. The van der Waals surface area contributed by atoms with Crippen LogP contribution in [0, 0.1) is 0 Å². The summed E-state index contributed by atoms with van der Waals surface area (Å²) in [5.41, 5.74) is 1.02. The summed E-state index contributed by atoms with van der Waals surface area (Å²) in [7, 11) is 1.63. The Kier molecular flexibility index (Phi) is 5.81. The summed E-state index contributed by atoms with van der Waals surface area (Å²) in [6, 6.07) is 9.58. The van der Waals surface area contributed by atoms with E-state index in [2.05, 4.69) is 6.92 Å². The highest BCUT2D eigenvalue weighted by Gasteiger charge is 2.13. The van der Waals surface area contributed by atoms with Crippen molar-refractivity contribution in [3.63, 3.8) is 0 Å². The first kappa shape index (κ1) is 15.6. The Labute approximate surface area is 129 Å². The van der Waals surface area contributed by atoms with Crippen LogP contribution in [0.1, 0.15) is 35.0 Å². The molecule has 0 spiro atoms. The van der Waals surface area contributed by atoms with E-state index in [9.17, 15) is 4.79 Å². The Hall–Kier alpha value is -1.81. The van der Waals surface area contributed by atoms with Crippen LogP contribution in [0.3, 0.4) is 0 Å². The molecule has 0 aliphatic rings. The summed E-state index contributed by atoms with van der Waals surface area (Å²) >= 11 is 1.49. The maximum atomic E-state index is 12.1. The van der Waals surface area contributed by atoms with E-state index in [1.54, 1.807) is 7.11 Å². The Bertz CT molecular complexity index is 576. The molecule has 0 atom stereocenters. The third-order valence-electron chi connectivity index (χ3n) is 3.15. The molecule has 0 fully saturated rings. The molecule has 4 heteroatoms. The van der Waals surface area contributed by atoms with E-state index in [1.807, 2.05) is 35.7 Å². The van der Waals surface area contributed by atoms with Crippen molar-refractivity contribution in [2.75, 3.05) is 13.7 Å². The lowest BCUT2D eigenvalue weighted by Crippen LogP contribution is -2.04. The molecule has 0 saturated carbocycles. The van der Waals surface area contributed by atoms with Gasteiger partial charge in [-0.3, -0.25) is 4.79 Å². The van der Waals surface area contributed by atoms with Gasteiger partial charge in [0.15, 0.2) is 17.3 Å². The van der Waals surface area contributed by atoms with Crippen molar-refractivity contribution in [1.29, 1.82) is 0 Å². The van der Waals surface area contributed by atoms with Crippen LogP contribution in [-0.2, 0) is 6.42 Å². The van der Waals surface area contributed by atoms with Crippen molar-refractivity contribution in [2.45, 2.75) is 26.2 Å². The van der Waals surface area contributed by atoms with Crippen LogP contribution in [0.15, 0.2) is 35.7 Å². The highest BCUT2D eigenvalue weighted by Crippen LogP contribution is 2.32. The topological polar surface area (TPSA) is 35.5 Å². The lowest BCUT2D eigenvalue weighted by Gasteiger charge is -2.14. The van der Waals surface area contributed by atoms with Crippen molar-refractivity contribution >= 4 is 17.1 Å². The number of benzene rings is 1. The predicted octanol–water partition coefficient (Wildman–Crippen LogP) is 4.36. The number of hydrogen-bond acceptors (Lipinski definition) is 4. The molecule has 0 amide bonds. The van der Waals surface area contributed by atoms with Crippen molar-refractivity contribution in [2.24, 2.45) is 0 Å². The third-order valence-corrected chi connectivity index (χ3v) is 4.06. The van der Waals surface area contributed by atoms with E-state index in [0.29, 0.717) is 19.4 Å². The summed E-state index contributed by atoms with van der Waals surface area (Å²) < 4.78 is 11.2. The fourth-order valence-corrected chi connectivity index (χ4v) is 2.79. The van der Waals surface area contributed by atoms with Gasteiger partial charge >= 0.3 is 0 Å². The van der Waals surface area contributed by atoms with Crippen molar-refractivity contribution in [1.82, 2.24) is 0 Å². The number of methoxy groups -OCH3 is 1. The number of carbonyl (C=O) groups is 1. The lowest BCUT2D eigenvalue weighted by molar-refractivity contribution is 0.0986. The average molecular weight is 304 g/mol. The van der Waals surface area contributed by atoms with Crippen LogP contribution in [0.2, 0.25) is 0 Å². The molecule has 0 unspecified atom stereocenters. The SMILES string of the molecule is CCCOc1c(CCC(=O)c2cccs2)cccc1OC. The second-order valence-corrected chi connectivity index (χ2v) is 5.65. The zero-order chi connectivity index (χ0) is 15.1. The number of ether oxygens (including phenoxy) is 2. The Morgan fingerprint density at radius 2 is 2.10 bits per heavy atom. The molecule has 112 valence electrons. The fraction of sp³-hybridized carbons (Fsp3) is 0.353. The normalized spacial score (nSPS) is 10.4. The van der Waals surface area contributed by atoms with Gasteiger partial charge in [-0.15, -0.1) is 11.3 Å². The molecular weight excluding hydrogens is 284 g/mol. The number of hydrogen-bond donors (Lipinski definition) is 0. The number of Topliss-reactive ketones (excluding diaryl/α,β-unsaturated/α-hetero) is 1. The molecule has 0 bridgehead atoms. The molecular formula is C17H20O3S. The van der Waals surface area contributed by atoms with Gasteiger partial charge in [-0.25, -0.2) is 0 Å². The number of carbonyl (C=O) groups excluding carboxylic acids is 1. The zero-order valence-electron chi connectivity index (χ0n) is 12.4. The monoisotopic (exact) mass is 304 g/mol. The second kappa shape index (κ2) is 7.84. The molecule has 2 rings (SSSR count). The van der Waals surface area contributed by atoms with E-state index in [0.717, 1.165) is 28.4 Å². The predicted molar refractivity (Wildman–Crippen MR) is 85.8 cm³/mol. The van der Waals surface area contributed by atoms with Crippen LogP contribution < -0.4 is 9.47 Å². The quantitative estimate of drug-likeness (QED) is 0.680. The Morgan fingerprint density at radius 3 is 2.76 bits per heavy atom. The van der Waals surface area contributed by atoms with Crippen LogP contribution >= 0.6 is 11.3 Å². The maximum absolute atomic E-state index is 12.1. The van der Waals surface area contributed by atoms with E-state index >= 15 is 0 Å². The first-order valence-electron chi connectivity index (χ1n) is 7.11. The van der Waals surface area contributed by atoms with Crippen LogP contribution in [-0.4, -0.2) is 19.5 Å². The molecule has 0 N–H and O–H groups in total. The number of aryl methyl sites for hydroxylation is 1. The standard InChI is InChI=1S/C17H20O3S/c1-3-11-20-17-13(6-4-7-15(17)19-2)9-10-14(18)16-8-5-12-21-16/h4-8,12H,3,9-11H2,1-2H3. The molecule has 0 radical (unpaired) electrons. The van der Waals surface area contributed by atoms with Crippen molar-refractivity contribution in [3.8, 4) is 11.5 Å². The van der Waals surface area contributed by atoms with Gasteiger partial charge in [0, 0.05) is 6.42 Å². The van der Waals surface area contributed by atoms with Gasteiger partial charge in [0.1, 0.15) is 0 Å². The molecule has 21 heavy (non-hydrogen) atoms. The minimum atomic E-state index is 0.175. The molecule has 0 aliphatic carbocycles. The number of rotatable bonds is 8. The maximum Gasteiger partial charge on any atom is 0.173 e. The second-order valence-electron chi connectivity index (χ2n) is 4.70. The van der Waals surface area contributed by atoms with Gasteiger partial charge in [0.25, 0.3) is 0 Å². The largest absolute Gasteiger partial charge is 0.493 e. The van der Waals surface area contributed by atoms with Gasteiger partial charge in [-0.05, 0) is 35.9 Å². The summed E-state index contributed by atoms with van der Waals surface area (Å²) in [6.07, 6.45) is 2.08. The molecule has 0 saturated heterocycles. The van der Waals surface area contributed by atoms with Gasteiger partial charge in [0.2, 0.25) is 0 Å². The molecule has 0 aliphatic heterocycles. The van der Waals surface area contributed by atoms with E-state index in [1.165, 1.54) is 11.3 Å². The van der Waals surface area contributed by atoms with E-state index in [-0.39, 0.29) is 5.78 Å². The van der Waals surface area contributed by atoms with Crippen LogP contribution in [0.5, 0.6) is 11.5 Å². The summed E-state index contributed by atoms with van der Waals surface area (Å²) in [4.78, 5) is 12.9. The van der Waals surface area contributed by atoms with Crippen LogP contribution in [0.25, 0.3) is 0 Å². The van der Waals surface area contributed by atoms with Gasteiger partial charge in [-0.1, -0.05) is 25.1 Å². The summed E-state index contributed by atoms with van der Waals surface area (Å²) in [6.45, 7) is 2.71. The summed E-state index contributed by atoms with van der Waals surface area (Å²) in [5, 5.41) is 1.93. The number of ketones is 1. The summed E-state index contributed by atoms with van der Waals surface area (Å²) in [5.74, 6) is 1.67. The molecule has 1 aromatic carbocycles. The highest BCUT2D eigenvalue weighted by atomic mass is 32.1. The molecule has 1 aromatic heterocycles. The van der Waals surface area contributed by atoms with E-state index in [4.69, 9.17) is 9.47 Å². The highest BCUT2D eigenvalue weighted by molar-refractivity contribution is 7.12. The fourth-order valence-electron chi connectivity index (χ4n) is 2.10. The van der Waals surface area contributed by atoms with Crippen molar-refractivity contribution < 1.29 is 14.3 Å². The molecule has 1 heterocycles. The van der Waals surface area contributed by atoms with E-state index < -0.39 is 0 Å². The Balaban J connectivity index is 2.09. The molecule has 3 nitrogen and oxygen atoms in total. The molecule has 2 aromatic rings.